The molecule has 3 N–H and O–H groups in total. The van der Waals surface area contributed by atoms with Crippen molar-refractivity contribution in [2.45, 2.75) is 64.8 Å². The average Bonchev–Trinajstić information content (AvgIpc) is 2.75. The van der Waals surface area contributed by atoms with Crippen LogP contribution in [0.3, 0.4) is 0 Å². The topological polar surface area (TPSA) is 55.1 Å². The van der Waals surface area contributed by atoms with Gasteiger partial charge in [-0.25, -0.2) is 0 Å². The Balaban J connectivity index is 1.87. The minimum atomic E-state index is 0.181. The third-order valence-electron chi connectivity index (χ3n) is 4.85. The van der Waals surface area contributed by atoms with Crippen molar-refractivity contribution in [1.29, 1.82) is 0 Å². The van der Waals surface area contributed by atoms with Gasteiger partial charge in [-0.15, -0.1) is 0 Å². The van der Waals surface area contributed by atoms with Crippen LogP contribution < -0.4 is 11.1 Å². The molecule has 0 aliphatic heterocycles. The first-order valence-electron chi connectivity index (χ1n) is 7.52. The highest BCUT2D eigenvalue weighted by Gasteiger charge is 2.34. The number of rotatable bonds is 3. The molecule has 2 rings (SSSR count). The molecule has 1 amide bonds. The smallest absolute Gasteiger partial charge is 0.223 e. The largest absolute Gasteiger partial charge is 0.353 e. The van der Waals surface area contributed by atoms with E-state index >= 15 is 0 Å². The molecule has 0 spiro atoms. The SMILES string of the molecule is CC1(C)CCCC(NC(=O)C2CCCC2CN)C1. The predicted octanol–water partition coefficient (Wildman–Crippen LogP) is 2.45. The van der Waals surface area contributed by atoms with Crippen LogP contribution in [0.5, 0.6) is 0 Å². The highest BCUT2D eigenvalue weighted by Crippen LogP contribution is 2.36. The molecular weight excluding hydrogens is 224 g/mol. The number of carbonyl (C=O) groups is 1. The molecule has 0 aromatic rings. The first kappa shape index (κ1) is 13.9. The van der Waals surface area contributed by atoms with Crippen molar-refractivity contribution in [3.8, 4) is 0 Å². The molecule has 2 aliphatic rings. The van der Waals surface area contributed by atoms with Crippen molar-refractivity contribution in [2.75, 3.05) is 6.54 Å². The second kappa shape index (κ2) is 5.60. The van der Waals surface area contributed by atoms with Crippen LogP contribution in [-0.4, -0.2) is 18.5 Å². The molecule has 0 heterocycles. The summed E-state index contributed by atoms with van der Waals surface area (Å²) in [5.41, 5.74) is 6.15. The minimum absolute atomic E-state index is 0.181. The summed E-state index contributed by atoms with van der Waals surface area (Å²) in [5.74, 6) is 0.868. The van der Waals surface area contributed by atoms with Gasteiger partial charge in [-0.3, -0.25) is 4.79 Å². The maximum Gasteiger partial charge on any atom is 0.223 e. The Morgan fingerprint density at radius 1 is 1.28 bits per heavy atom. The van der Waals surface area contributed by atoms with E-state index in [1.54, 1.807) is 0 Å². The zero-order valence-electron chi connectivity index (χ0n) is 11.9. The number of carbonyl (C=O) groups excluding carboxylic acids is 1. The summed E-state index contributed by atoms with van der Waals surface area (Å²) in [6, 6.07) is 0.389. The fraction of sp³-hybridized carbons (Fsp3) is 0.933. The standard InChI is InChI=1S/C15H28N2O/c1-15(2)8-4-6-12(9-15)17-14(18)13-7-3-5-11(13)10-16/h11-13H,3-10,16H2,1-2H3,(H,17,18). The molecule has 0 radical (unpaired) electrons. The monoisotopic (exact) mass is 252 g/mol. The van der Waals surface area contributed by atoms with Crippen LogP contribution in [0.4, 0.5) is 0 Å². The van der Waals surface area contributed by atoms with E-state index in [1.807, 2.05) is 0 Å². The predicted molar refractivity (Wildman–Crippen MR) is 74.1 cm³/mol. The van der Waals surface area contributed by atoms with E-state index in [0.717, 1.165) is 32.1 Å². The van der Waals surface area contributed by atoms with E-state index in [1.165, 1.54) is 12.8 Å². The maximum absolute atomic E-state index is 12.3. The number of nitrogens with one attached hydrogen (secondary N) is 1. The Kier molecular flexibility index (Phi) is 4.31. The number of nitrogens with two attached hydrogens (primary N) is 1. The third kappa shape index (κ3) is 3.25. The molecule has 0 bridgehead atoms. The van der Waals surface area contributed by atoms with E-state index in [4.69, 9.17) is 5.73 Å². The van der Waals surface area contributed by atoms with E-state index in [9.17, 15) is 4.79 Å². The van der Waals surface area contributed by atoms with Gasteiger partial charge in [0.1, 0.15) is 0 Å². The molecule has 3 unspecified atom stereocenters. The second-order valence-electron chi connectivity index (χ2n) is 7.00. The molecule has 104 valence electrons. The first-order chi connectivity index (χ1) is 8.52. The lowest BCUT2D eigenvalue weighted by molar-refractivity contribution is -0.127. The molecule has 18 heavy (non-hydrogen) atoms. The van der Waals surface area contributed by atoms with E-state index in [2.05, 4.69) is 19.2 Å². The summed E-state index contributed by atoms with van der Waals surface area (Å²) < 4.78 is 0. The fourth-order valence-corrected chi connectivity index (χ4v) is 3.79. The summed E-state index contributed by atoms with van der Waals surface area (Å²) in [6.07, 6.45) is 8.12. The number of hydrogen-bond donors (Lipinski definition) is 2. The number of hydrogen-bond acceptors (Lipinski definition) is 2. The van der Waals surface area contributed by atoms with Crippen molar-refractivity contribution in [2.24, 2.45) is 23.0 Å². The van der Waals surface area contributed by atoms with Crippen molar-refractivity contribution >= 4 is 5.91 Å². The summed E-state index contributed by atoms with van der Waals surface area (Å²) >= 11 is 0. The lowest BCUT2D eigenvalue weighted by Crippen LogP contribution is -2.44. The lowest BCUT2D eigenvalue weighted by Gasteiger charge is -2.36. The van der Waals surface area contributed by atoms with Crippen molar-refractivity contribution < 1.29 is 4.79 Å². The molecule has 3 atom stereocenters. The quantitative estimate of drug-likeness (QED) is 0.810. The van der Waals surface area contributed by atoms with Crippen LogP contribution in [0, 0.1) is 17.3 Å². The molecule has 2 fully saturated rings. The molecule has 2 saturated carbocycles. The van der Waals surface area contributed by atoms with Crippen LogP contribution >= 0.6 is 0 Å². The van der Waals surface area contributed by atoms with E-state index in [-0.39, 0.29) is 11.8 Å². The van der Waals surface area contributed by atoms with Gasteiger partial charge in [0.25, 0.3) is 0 Å². The zero-order chi connectivity index (χ0) is 13.2. The van der Waals surface area contributed by atoms with Crippen molar-refractivity contribution in [1.82, 2.24) is 5.32 Å². The Morgan fingerprint density at radius 2 is 2.06 bits per heavy atom. The first-order valence-corrected chi connectivity index (χ1v) is 7.52. The van der Waals surface area contributed by atoms with Crippen LogP contribution in [-0.2, 0) is 4.79 Å². The third-order valence-corrected chi connectivity index (χ3v) is 4.85. The van der Waals surface area contributed by atoms with Crippen LogP contribution in [0.15, 0.2) is 0 Å². The van der Waals surface area contributed by atoms with Gasteiger partial charge in [-0.1, -0.05) is 26.7 Å². The molecule has 3 nitrogen and oxygen atoms in total. The molecule has 0 aromatic carbocycles. The van der Waals surface area contributed by atoms with Gasteiger partial charge >= 0.3 is 0 Å². The molecule has 0 saturated heterocycles. The van der Waals surface area contributed by atoms with Crippen molar-refractivity contribution in [3.63, 3.8) is 0 Å². The minimum Gasteiger partial charge on any atom is -0.353 e. The van der Waals surface area contributed by atoms with Crippen LogP contribution in [0.1, 0.15) is 58.8 Å². The van der Waals surface area contributed by atoms with Crippen molar-refractivity contribution in [3.05, 3.63) is 0 Å². The molecule has 0 aromatic heterocycles. The summed E-state index contributed by atoms with van der Waals surface area (Å²) in [4.78, 5) is 12.3. The highest BCUT2D eigenvalue weighted by atomic mass is 16.2. The second-order valence-corrected chi connectivity index (χ2v) is 7.00. The molecule has 2 aliphatic carbocycles. The van der Waals surface area contributed by atoms with Gasteiger partial charge < -0.3 is 11.1 Å². The van der Waals surface area contributed by atoms with Gasteiger partial charge in [0, 0.05) is 12.0 Å². The molecule has 3 heteroatoms. The number of amides is 1. The summed E-state index contributed by atoms with van der Waals surface area (Å²) in [6.45, 7) is 5.28. The average molecular weight is 252 g/mol. The van der Waals surface area contributed by atoms with Gasteiger partial charge in [-0.05, 0) is 50.0 Å². The Hall–Kier alpha value is -0.570. The van der Waals surface area contributed by atoms with Crippen LogP contribution in [0.2, 0.25) is 0 Å². The van der Waals surface area contributed by atoms with E-state index in [0.29, 0.717) is 23.9 Å². The highest BCUT2D eigenvalue weighted by molar-refractivity contribution is 5.79. The Bertz CT molecular complexity index is 301. The fourth-order valence-electron chi connectivity index (χ4n) is 3.79. The Morgan fingerprint density at radius 3 is 2.72 bits per heavy atom. The van der Waals surface area contributed by atoms with Gasteiger partial charge in [0.05, 0.1) is 0 Å². The maximum atomic E-state index is 12.3. The van der Waals surface area contributed by atoms with Gasteiger partial charge in [0.2, 0.25) is 5.91 Å². The van der Waals surface area contributed by atoms with Gasteiger partial charge in [0.15, 0.2) is 0 Å². The lowest BCUT2D eigenvalue weighted by atomic mass is 9.75. The van der Waals surface area contributed by atoms with Gasteiger partial charge in [-0.2, -0.15) is 0 Å². The normalized spacial score (nSPS) is 35.4. The van der Waals surface area contributed by atoms with Crippen LogP contribution in [0.25, 0.3) is 0 Å². The molecular formula is C15H28N2O. The van der Waals surface area contributed by atoms with E-state index < -0.39 is 0 Å². The Labute approximate surface area is 111 Å². The summed E-state index contributed by atoms with van der Waals surface area (Å²) in [7, 11) is 0. The zero-order valence-corrected chi connectivity index (χ0v) is 11.9. The summed E-state index contributed by atoms with van der Waals surface area (Å²) in [5, 5.41) is 3.29.